The van der Waals surface area contributed by atoms with Gasteiger partial charge in [-0.3, -0.25) is 14.1 Å². The van der Waals surface area contributed by atoms with Gasteiger partial charge in [-0.15, -0.1) is 0 Å². The standard InChI is InChI=1S/C15H17N5O3S/c1-10-14(20-6-5-18-24(20,22)23)7-13(9-17-10)12-3-4-16-15(8-12)19-11(2)21/h3-4,7-9,18H,5-6H2,1-2H3,(H,16,19,21). The predicted molar refractivity (Wildman–Crippen MR) is 90.8 cm³/mol. The molecule has 3 heterocycles. The number of hydrogen-bond donors (Lipinski definition) is 2. The molecule has 126 valence electrons. The van der Waals surface area contributed by atoms with Crippen LogP contribution in [0, 0.1) is 6.92 Å². The molecule has 0 unspecified atom stereocenters. The van der Waals surface area contributed by atoms with Gasteiger partial charge in [-0.1, -0.05) is 0 Å². The molecule has 2 aromatic heterocycles. The molecular formula is C15H17N5O3S. The number of carbonyl (C=O) groups excluding carboxylic acids is 1. The molecule has 8 nitrogen and oxygen atoms in total. The van der Waals surface area contributed by atoms with Crippen molar-refractivity contribution in [3.05, 3.63) is 36.3 Å². The lowest BCUT2D eigenvalue weighted by molar-refractivity contribution is -0.114. The third kappa shape index (κ3) is 3.22. The third-order valence-electron chi connectivity index (χ3n) is 3.62. The summed E-state index contributed by atoms with van der Waals surface area (Å²) in [6.45, 7) is 3.91. The Labute approximate surface area is 140 Å². The second kappa shape index (κ2) is 6.17. The van der Waals surface area contributed by atoms with Gasteiger partial charge in [0.05, 0.1) is 11.4 Å². The maximum Gasteiger partial charge on any atom is 0.301 e. The zero-order chi connectivity index (χ0) is 17.3. The van der Waals surface area contributed by atoms with E-state index in [1.54, 1.807) is 37.5 Å². The van der Waals surface area contributed by atoms with Crippen molar-refractivity contribution in [1.82, 2.24) is 14.7 Å². The largest absolute Gasteiger partial charge is 0.311 e. The van der Waals surface area contributed by atoms with Crippen LogP contribution in [0.3, 0.4) is 0 Å². The number of amides is 1. The molecule has 3 rings (SSSR count). The molecule has 1 aliphatic rings. The van der Waals surface area contributed by atoms with Gasteiger partial charge in [0.1, 0.15) is 5.82 Å². The maximum atomic E-state index is 12.1. The Balaban J connectivity index is 2.01. The quantitative estimate of drug-likeness (QED) is 0.864. The summed E-state index contributed by atoms with van der Waals surface area (Å²) in [7, 11) is -3.51. The van der Waals surface area contributed by atoms with E-state index in [0.717, 1.165) is 11.1 Å². The van der Waals surface area contributed by atoms with Crippen molar-refractivity contribution < 1.29 is 13.2 Å². The first-order valence-corrected chi connectivity index (χ1v) is 8.79. The summed E-state index contributed by atoms with van der Waals surface area (Å²) in [6, 6.07) is 5.27. The van der Waals surface area contributed by atoms with Crippen LogP contribution in [-0.2, 0) is 15.0 Å². The summed E-state index contributed by atoms with van der Waals surface area (Å²) in [4.78, 5) is 19.6. The number of rotatable bonds is 3. The summed E-state index contributed by atoms with van der Waals surface area (Å²) in [5.41, 5.74) is 2.69. The van der Waals surface area contributed by atoms with Gasteiger partial charge in [-0.25, -0.2) is 4.98 Å². The van der Waals surface area contributed by atoms with Crippen LogP contribution in [0.25, 0.3) is 11.1 Å². The van der Waals surface area contributed by atoms with E-state index >= 15 is 0 Å². The van der Waals surface area contributed by atoms with Crippen LogP contribution in [0.4, 0.5) is 11.5 Å². The van der Waals surface area contributed by atoms with Crippen LogP contribution < -0.4 is 14.3 Å². The van der Waals surface area contributed by atoms with E-state index in [-0.39, 0.29) is 5.91 Å². The number of nitrogens with zero attached hydrogens (tertiary/aromatic N) is 3. The van der Waals surface area contributed by atoms with Crippen LogP contribution in [0.5, 0.6) is 0 Å². The molecule has 1 saturated heterocycles. The average molecular weight is 347 g/mol. The Bertz CT molecular complexity index is 898. The SMILES string of the molecule is CC(=O)Nc1cc(-c2cnc(C)c(N3CCNS3(=O)=O)c2)ccn1. The normalized spacial score (nSPS) is 16.2. The lowest BCUT2D eigenvalue weighted by Crippen LogP contribution is -2.30. The Morgan fingerprint density at radius 1 is 1.29 bits per heavy atom. The molecule has 1 amide bonds. The Hall–Kier alpha value is -2.52. The van der Waals surface area contributed by atoms with E-state index in [1.165, 1.54) is 11.2 Å². The molecule has 24 heavy (non-hydrogen) atoms. The van der Waals surface area contributed by atoms with Gasteiger partial charge >= 0.3 is 10.2 Å². The minimum atomic E-state index is -3.51. The van der Waals surface area contributed by atoms with Gasteiger partial charge in [0.15, 0.2) is 0 Å². The number of anilines is 2. The monoisotopic (exact) mass is 347 g/mol. The Morgan fingerprint density at radius 2 is 2.08 bits per heavy atom. The fraction of sp³-hybridized carbons (Fsp3) is 0.267. The molecule has 0 saturated carbocycles. The van der Waals surface area contributed by atoms with Crippen molar-refractivity contribution >= 4 is 27.6 Å². The highest BCUT2D eigenvalue weighted by Gasteiger charge is 2.29. The number of hydrogen-bond acceptors (Lipinski definition) is 5. The van der Waals surface area contributed by atoms with Crippen LogP contribution in [0.15, 0.2) is 30.6 Å². The van der Waals surface area contributed by atoms with Crippen molar-refractivity contribution in [2.24, 2.45) is 0 Å². The van der Waals surface area contributed by atoms with Crippen molar-refractivity contribution in [3.63, 3.8) is 0 Å². The second-order valence-electron chi connectivity index (χ2n) is 5.41. The van der Waals surface area contributed by atoms with Crippen LogP contribution in [-0.4, -0.2) is 37.4 Å². The number of nitrogens with one attached hydrogen (secondary N) is 2. The van der Waals surface area contributed by atoms with Crippen LogP contribution in [0.1, 0.15) is 12.6 Å². The summed E-state index contributed by atoms with van der Waals surface area (Å²) in [5.74, 6) is 0.217. The first-order valence-electron chi connectivity index (χ1n) is 7.35. The Kier molecular flexibility index (Phi) is 4.20. The van der Waals surface area contributed by atoms with E-state index in [4.69, 9.17) is 0 Å². The molecule has 0 radical (unpaired) electrons. The molecule has 0 atom stereocenters. The van der Waals surface area contributed by atoms with E-state index in [1.807, 2.05) is 0 Å². The molecule has 0 bridgehead atoms. The Morgan fingerprint density at radius 3 is 2.75 bits per heavy atom. The van der Waals surface area contributed by atoms with Gasteiger partial charge < -0.3 is 5.32 Å². The van der Waals surface area contributed by atoms with Crippen molar-refractivity contribution in [2.75, 3.05) is 22.7 Å². The molecule has 2 N–H and O–H groups in total. The summed E-state index contributed by atoms with van der Waals surface area (Å²) in [6.07, 6.45) is 3.25. The number of aromatic nitrogens is 2. The lowest BCUT2D eigenvalue weighted by atomic mass is 10.1. The number of pyridine rings is 2. The van der Waals surface area contributed by atoms with Gasteiger partial charge in [0.2, 0.25) is 5.91 Å². The molecule has 0 aromatic carbocycles. The van der Waals surface area contributed by atoms with Crippen LogP contribution >= 0.6 is 0 Å². The highest BCUT2D eigenvalue weighted by molar-refractivity contribution is 7.91. The fourth-order valence-corrected chi connectivity index (χ4v) is 3.80. The first kappa shape index (κ1) is 16.3. The second-order valence-corrected chi connectivity index (χ2v) is 7.09. The van der Waals surface area contributed by atoms with Gasteiger partial charge in [0.25, 0.3) is 0 Å². The molecule has 1 fully saturated rings. The number of aryl methyl sites for hydroxylation is 1. The zero-order valence-corrected chi connectivity index (χ0v) is 14.1. The topological polar surface area (TPSA) is 104 Å². The molecule has 0 spiro atoms. The van der Waals surface area contributed by atoms with Crippen molar-refractivity contribution in [3.8, 4) is 11.1 Å². The van der Waals surface area contributed by atoms with E-state index < -0.39 is 10.2 Å². The molecule has 0 aliphatic carbocycles. The van der Waals surface area contributed by atoms with E-state index in [9.17, 15) is 13.2 Å². The van der Waals surface area contributed by atoms with Gasteiger partial charge in [-0.05, 0) is 30.7 Å². The molecular weight excluding hydrogens is 330 g/mol. The van der Waals surface area contributed by atoms with Crippen molar-refractivity contribution in [2.45, 2.75) is 13.8 Å². The smallest absolute Gasteiger partial charge is 0.301 e. The van der Waals surface area contributed by atoms with E-state index in [2.05, 4.69) is 20.0 Å². The van der Waals surface area contributed by atoms with Crippen molar-refractivity contribution in [1.29, 1.82) is 0 Å². The maximum absolute atomic E-state index is 12.1. The highest BCUT2D eigenvalue weighted by Crippen LogP contribution is 2.29. The fourth-order valence-electron chi connectivity index (χ4n) is 2.51. The average Bonchev–Trinajstić information content (AvgIpc) is 2.86. The summed E-state index contributed by atoms with van der Waals surface area (Å²) < 4.78 is 27.9. The molecule has 9 heteroatoms. The van der Waals surface area contributed by atoms with E-state index in [0.29, 0.717) is 30.3 Å². The molecule has 2 aromatic rings. The minimum Gasteiger partial charge on any atom is -0.311 e. The lowest BCUT2D eigenvalue weighted by Gasteiger charge is -2.18. The van der Waals surface area contributed by atoms with Gasteiger partial charge in [-0.2, -0.15) is 13.1 Å². The summed E-state index contributed by atoms with van der Waals surface area (Å²) >= 11 is 0. The summed E-state index contributed by atoms with van der Waals surface area (Å²) in [5, 5.41) is 2.62. The number of carbonyl (C=O) groups is 1. The molecule has 1 aliphatic heterocycles. The third-order valence-corrected chi connectivity index (χ3v) is 5.14. The zero-order valence-electron chi connectivity index (χ0n) is 13.3. The minimum absolute atomic E-state index is 0.211. The highest BCUT2D eigenvalue weighted by atomic mass is 32.2. The first-order chi connectivity index (χ1) is 11.4. The van der Waals surface area contributed by atoms with Crippen LogP contribution in [0.2, 0.25) is 0 Å². The predicted octanol–water partition coefficient (Wildman–Crippen LogP) is 1.06. The van der Waals surface area contributed by atoms with Gasteiger partial charge in [0, 0.05) is 38.0 Å².